The molecule has 0 fully saturated rings. The van der Waals surface area contributed by atoms with E-state index in [1.165, 1.54) is 0 Å². The number of ether oxygens (including phenoxy) is 1. The second-order valence-electron chi connectivity index (χ2n) is 5.42. The summed E-state index contributed by atoms with van der Waals surface area (Å²) < 4.78 is 5.19. The topological polar surface area (TPSA) is 54.4 Å². The molecule has 1 unspecified atom stereocenters. The second-order valence-corrected chi connectivity index (χ2v) is 6.54. The Morgan fingerprint density at radius 3 is 2.79 bits per heavy atom. The van der Waals surface area contributed by atoms with E-state index in [4.69, 9.17) is 4.74 Å². The first-order valence-electron chi connectivity index (χ1n) is 7.79. The zero-order valence-electron chi connectivity index (χ0n) is 13.5. The van der Waals surface area contributed by atoms with Gasteiger partial charge in [-0.25, -0.2) is 4.98 Å². The van der Waals surface area contributed by atoms with Crippen molar-refractivity contribution in [3.8, 4) is 16.3 Å². The van der Waals surface area contributed by atoms with Gasteiger partial charge in [0.05, 0.1) is 13.2 Å². The highest BCUT2D eigenvalue weighted by molar-refractivity contribution is 7.15. The first-order valence-corrected chi connectivity index (χ1v) is 8.61. The minimum Gasteiger partial charge on any atom is -0.497 e. The van der Waals surface area contributed by atoms with E-state index < -0.39 is 6.10 Å². The Balaban J connectivity index is 1.54. The normalized spacial score (nSPS) is 12.1. The maximum Gasteiger partial charge on any atom is 0.123 e. The highest BCUT2D eigenvalue weighted by Crippen LogP contribution is 2.25. The van der Waals surface area contributed by atoms with Crippen molar-refractivity contribution in [2.24, 2.45) is 0 Å². The van der Waals surface area contributed by atoms with Crippen LogP contribution in [0, 0.1) is 0 Å². The number of rotatable bonds is 7. The van der Waals surface area contributed by atoms with E-state index in [9.17, 15) is 5.11 Å². The van der Waals surface area contributed by atoms with Crippen LogP contribution in [0.25, 0.3) is 10.6 Å². The predicted octanol–water partition coefficient (Wildman–Crippen LogP) is 3.64. The monoisotopic (exact) mass is 340 g/mol. The van der Waals surface area contributed by atoms with Crippen molar-refractivity contribution in [2.75, 3.05) is 13.7 Å². The largest absolute Gasteiger partial charge is 0.497 e. The molecule has 24 heavy (non-hydrogen) atoms. The molecule has 1 heterocycles. The molecule has 0 aliphatic carbocycles. The van der Waals surface area contributed by atoms with E-state index >= 15 is 0 Å². The zero-order valence-corrected chi connectivity index (χ0v) is 14.3. The number of thiazole rings is 1. The lowest BCUT2D eigenvalue weighted by Crippen LogP contribution is -2.20. The molecule has 0 aliphatic rings. The maximum absolute atomic E-state index is 10.3. The molecule has 0 spiro atoms. The van der Waals surface area contributed by atoms with E-state index in [0.29, 0.717) is 13.1 Å². The summed E-state index contributed by atoms with van der Waals surface area (Å²) in [5.41, 5.74) is 1.97. The molecule has 4 nitrogen and oxygen atoms in total. The summed E-state index contributed by atoms with van der Waals surface area (Å²) in [5.74, 6) is 0.751. The molecule has 1 aromatic heterocycles. The third-order valence-corrected chi connectivity index (χ3v) is 4.74. The van der Waals surface area contributed by atoms with Gasteiger partial charge in [0, 0.05) is 29.7 Å². The van der Waals surface area contributed by atoms with Crippen LogP contribution in [0.3, 0.4) is 0 Å². The molecule has 1 atom stereocenters. The van der Waals surface area contributed by atoms with Crippen molar-refractivity contribution < 1.29 is 9.84 Å². The fourth-order valence-electron chi connectivity index (χ4n) is 2.40. The molecule has 0 amide bonds. The van der Waals surface area contributed by atoms with Crippen LogP contribution in [-0.2, 0) is 6.54 Å². The van der Waals surface area contributed by atoms with Crippen molar-refractivity contribution in [3.05, 3.63) is 71.2 Å². The Morgan fingerprint density at radius 1 is 1.17 bits per heavy atom. The lowest BCUT2D eigenvalue weighted by Gasteiger charge is -2.12. The van der Waals surface area contributed by atoms with Gasteiger partial charge in [0.25, 0.3) is 0 Å². The van der Waals surface area contributed by atoms with Gasteiger partial charge in [0.15, 0.2) is 0 Å². The Labute approximate surface area is 145 Å². The van der Waals surface area contributed by atoms with Crippen LogP contribution in [0.2, 0.25) is 0 Å². The number of hydrogen-bond donors (Lipinski definition) is 2. The standard InChI is InChI=1S/C19H20N2O2S/c1-23-16-9-5-8-15(10-16)18(22)13-20-11-17-12-21-19(24-17)14-6-3-2-4-7-14/h2-10,12,18,20,22H,11,13H2,1H3. The summed E-state index contributed by atoms with van der Waals surface area (Å²) in [6.07, 6.45) is 1.32. The molecule has 0 aliphatic heterocycles. The average Bonchev–Trinajstić information content (AvgIpc) is 3.11. The summed E-state index contributed by atoms with van der Waals surface area (Å²) in [6.45, 7) is 1.16. The zero-order chi connectivity index (χ0) is 16.8. The number of aliphatic hydroxyl groups is 1. The van der Waals surface area contributed by atoms with Gasteiger partial charge < -0.3 is 15.2 Å². The summed E-state index contributed by atoms with van der Waals surface area (Å²) in [6, 6.07) is 17.6. The van der Waals surface area contributed by atoms with Gasteiger partial charge in [-0.15, -0.1) is 11.3 Å². The molecule has 2 N–H and O–H groups in total. The fraction of sp³-hybridized carbons (Fsp3) is 0.211. The van der Waals surface area contributed by atoms with Crippen molar-refractivity contribution in [2.45, 2.75) is 12.6 Å². The average molecular weight is 340 g/mol. The maximum atomic E-state index is 10.3. The van der Waals surface area contributed by atoms with Crippen LogP contribution in [0.15, 0.2) is 60.8 Å². The number of methoxy groups -OCH3 is 1. The van der Waals surface area contributed by atoms with Crippen molar-refractivity contribution in [1.82, 2.24) is 10.3 Å². The summed E-state index contributed by atoms with van der Waals surface area (Å²) >= 11 is 1.66. The summed E-state index contributed by atoms with van der Waals surface area (Å²) in [7, 11) is 1.62. The smallest absolute Gasteiger partial charge is 0.123 e. The molecule has 124 valence electrons. The molecular formula is C19H20N2O2S. The van der Waals surface area contributed by atoms with Gasteiger partial charge in [0.2, 0.25) is 0 Å². The van der Waals surface area contributed by atoms with Crippen molar-refractivity contribution >= 4 is 11.3 Å². The van der Waals surface area contributed by atoms with E-state index in [2.05, 4.69) is 22.4 Å². The molecular weight excluding hydrogens is 320 g/mol. The van der Waals surface area contributed by atoms with Gasteiger partial charge in [-0.05, 0) is 17.7 Å². The van der Waals surface area contributed by atoms with Gasteiger partial charge in [-0.1, -0.05) is 42.5 Å². The van der Waals surface area contributed by atoms with Crippen LogP contribution in [0.5, 0.6) is 5.75 Å². The number of aliphatic hydroxyl groups excluding tert-OH is 1. The molecule has 3 rings (SSSR count). The summed E-state index contributed by atoms with van der Waals surface area (Å²) in [4.78, 5) is 5.61. The quantitative estimate of drug-likeness (QED) is 0.689. The lowest BCUT2D eigenvalue weighted by molar-refractivity contribution is 0.174. The molecule has 5 heteroatoms. The molecule has 0 saturated heterocycles. The molecule has 2 aromatic carbocycles. The van der Waals surface area contributed by atoms with E-state index in [1.54, 1.807) is 18.4 Å². The van der Waals surface area contributed by atoms with E-state index in [-0.39, 0.29) is 0 Å². The molecule has 0 saturated carbocycles. The highest BCUT2D eigenvalue weighted by atomic mass is 32.1. The van der Waals surface area contributed by atoms with Crippen molar-refractivity contribution in [3.63, 3.8) is 0 Å². The third kappa shape index (κ3) is 4.20. The lowest BCUT2D eigenvalue weighted by atomic mass is 10.1. The SMILES string of the molecule is COc1cccc(C(O)CNCc2cnc(-c3ccccc3)s2)c1. The third-order valence-electron chi connectivity index (χ3n) is 3.69. The Bertz CT molecular complexity index is 774. The number of benzene rings is 2. The first kappa shape index (κ1) is 16.6. The minimum atomic E-state index is -0.568. The number of nitrogens with one attached hydrogen (secondary N) is 1. The number of nitrogens with zero attached hydrogens (tertiary/aromatic N) is 1. The molecule has 0 bridgehead atoms. The Morgan fingerprint density at radius 2 is 2.00 bits per heavy atom. The van der Waals surface area contributed by atoms with Crippen LogP contribution in [0.1, 0.15) is 16.5 Å². The summed E-state index contributed by atoms with van der Waals surface area (Å²) in [5, 5.41) is 14.6. The highest BCUT2D eigenvalue weighted by Gasteiger charge is 2.09. The van der Waals surface area contributed by atoms with Crippen LogP contribution < -0.4 is 10.1 Å². The predicted molar refractivity (Wildman–Crippen MR) is 97.2 cm³/mol. The van der Waals surface area contributed by atoms with Gasteiger partial charge in [-0.3, -0.25) is 0 Å². The van der Waals surface area contributed by atoms with E-state index in [0.717, 1.165) is 26.8 Å². The fourth-order valence-corrected chi connectivity index (χ4v) is 3.29. The first-order chi connectivity index (χ1) is 11.8. The Hall–Kier alpha value is -2.21. The Kier molecular flexibility index (Phi) is 5.59. The van der Waals surface area contributed by atoms with Gasteiger partial charge >= 0.3 is 0 Å². The van der Waals surface area contributed by atoms with Crippen molar-refractivity contribution in [1.29, 1.82) is 0 Å². The van der Waals surface area contributed by atoms with Crippen LogP contribution >= 0.6 is 11.3 Å². The van der Waals surface area contributed by atoms with E-state index in [1.807, 2.05) is 48.7 Å². The molecule has 3 aromatic rings. The number of hydrogen-bond acceptors (Lipinski definition) is 5. The minimum absolute atomic E-state index is 0.478. The van der Waals surface area contributed by atoms with Crippen LogP contribution in [0.4, 0.5) is 0 Å². The second kappa shape index (κ2) is 8.06. The number of aromatic nitrogens is 1. The van der Waals surface area contributed by atoms with Gasteiger partial charge in [-0.2, -0.15) is 0 Å². The van der Waals surface area contributed by atoms with Crippen LogP contribution in [-0.4, -0.2) is 23.7 Å². The van der Waals surface area contributed by atoms with Gasteiger partial charge in [0.1, 0.15) is 10.8 Å². The molecule has 0 radical (unpaired) electrons.